The number of benzene rings is 10. The van der Waals surface area contributed by atoms with Crippen LogP contribution in [0.1, 0.15) is 0 Å². The smallest absolute Gasteiger partial charge is 0.160 e. The predicted molar refractivity (Wildman–Crippen MR) is 264 cm³/mol. The summed E-state index contributed by atoms with van der Waals surface area (Å²) < 4.78 is 2.43. The fraction of sp³-hybridized carbons (Fsp3) is 0. The molecule has 12 aromatic rings. The van der Waals surface area contributed by atoms with Crippen molar-refractivity contribution < 1.29 is 0 Å². The molecule has 0 saturated carbocycles. The van der Waals surface area contributed by atoms with Gasteiger partial charge in [0.1, 0.15) is 0 Å². The number of anilines is 3. The molecule has 4 nitrogen and oxygen atoms in total. The standard InChI is InChI=1S/C58H36N4S/c1-3-16-39(17-4-1)56-48-31-26-38-15-8-10-23-46(38)57(48)60-58(59-56)42-18-13-21-44(34-42)62-50-32-28-37-14-7-9-22-45(37)55(50)47-30-27-40(35-51(47)62)41-29-33-54-52(36-41)61(43-19-5-2-6-20-43)49-24-11-12-25-53(49)63-54/h1-36H. The zero-order chi connectivity index (χ0) is 41.4. The van der Waals surface area contributed by atoms with Crippen LogP contribution in [0.25, 0.3) is 93.7 Å². The molecule has 294 valence electrons. The second-order valence-electron chi connectivity index (χ2n) is 16.2. The van der Waals surface area contributed by atoms with E-state index in [1.807, 2.05) is 11.8 Å². The van der Waals surface area contributed by atoms with E-state index < -0.39 is 0 Å². The minimum Gasteiger partial charge on any atom is -0.309 e. The van der Waals surface area contributed by atoms with Crippen LogP contribution in [-0.2, 0) is 0 Å². The molecule has 10 aromatic carbocycles. The van der Waals surface area contributed by atoms with Gasteiger partial charge in [0.05, 0.1) is 33.6 Å². The van der Waals surface area contributed by atoms with Gasteiger partial charge in [0.25, 0.3) is 0 Å². The largest absolute Gasteiger partial charge is 0.309 e. The van der Waals surface area contributed by atoms with Crippen molar-refractivity contribution >= 4 is 83.1 Å². The van der Waals surface area contributed by atoms with Crippen molar-refractivity contribution in [1.82, 2.24) is 14.5 Å². The molecular formula is C58H36N4S. The van der Waals surface area contributed by atoms with E-state index in [0.29, 0.717) is 5.82 Å². The molecule has 2 aromatic heterocycles. The van der Waals surface area contributed by atoms with E-state index in [9.17, 15) is 0 Å². The van der Waals surface area contributed by atoms with Crippen LogP contribution in [0.3, 0.4) is 0 Å². The first-order valence-corrected chi connectivity index (χ1v) is 22.1. The Hall–Kier alpha value is -7.99. The molecule has 0 spiro atoms. The van der Waals surface area contributed by atoms with Crippen molar-refractivity contribution in [2.45, 2.75) is 9.79 Å². The molecule has 0 bridgehead atoms. The third-order valence-corrected chi connectivity index (χ3v) is 13.7. The van der Waals surface area contributed by atoms with E-state index in [0.717, 1.165) is 72.0 Å². The van der Waals surface area contributed by atoms with Gasteiger partial charge < -0.3 is 9.47 Å². The van der Waals surface area contributed by atoms with Gasteiger partial charge in [-0.05, 0) is 94.0 Å². The quantitative estimate of drug-likeness (QED) is 0.162. The van der Waals surface area contributed by atoms with Crippen LogP contribution in [0.4, 0.5) is 17.1 Å². The molecule has 0 radical (unpaired) electrons. The summed E-state index contributed by atoms with van der Waals surface area (Å²) in [6, 6.07) is 78.6. The van der Waals surface area contributed by atoms with Gasteiger partial charge in [0, 0.05) is 53.8 Å². The molecule has 0 fully saturated rings. The lowest BCUT2D eigenvalue weighted by Gasteiger charge is -2.33. The van der Waals surface area contributed by atoms with Gasteiger partial charge in [0.2, 0.25) is 0 Å². The van der Waals surface area contributed by atoms with Gasteiger partial charge in [-0.1, -0.05) is 163 Å². The highest BCUT2D eigenvalue weighted by atomic mass is 32.2. The topological polar surface area (TPSA) is 34.0 Å². The number of hydrogen-bond acceptors (Lipinski definition) is 4. The molecular weight excluding hydrogens is 785 g/mol. The Morgan fingerprint density at radius 1 is 0.365 bits per heavy atom. The Bertz CT molecular complexity index is 3780. The lowest BCUT2D eigenvalue weighted by molar-refractivity contribution is 1.16. The first kappa shape index (κ1) is 35.7. The molecule has 13 rings (SSSR count). The van der Waals surface area contributed by atoms with Crippen LogP contribution >= 0.6 is 11.8 Å². The maximum absolute atomic E-state index is 5.35. The van der Waals surface area contributed by atoms with Crippen molar-refractivity contribution in [3.63, 3.8) is 0 Å². The third-order valence-electron chi connectivity index (χ3n) is 12.5. The number of para-hydroxylation sites is 2. The second-order valence-corrected chi connectivity index (χ2v) is 17.3. The molecule has 0 aliphatic carbocycles. The number of nitrogens with zero attached hydrogens (tertiary/aromatic N) is 4. The van der Waals surface area contributed by atoms with Crippen molar-refractivity contribution in [3.8, 4) is 39.5 Å². The fourth-order valence-electron chi connectivity index (χ4n) is 9.63. The SMILES string of the molecule is c1ccc(-c2nc(-c3cccc(-n4c5cc(-c6ccc7c(c6)N(c6ccccc6)c6ccccc6S7)ccc5c5c6ccccc6ccc54)c3)nc3c2ccc2ccccc23)cc1. The van der Waals surface area contributed by atoms with Gasteiger partial charge in [0.15, 0.2) is 5.82 Å². The normalized spacial score (nSPS) is 12.3. The number of aromatic nitrogens is 3. The highest BCUT2D eigenvalue weighted by molar-refractivity contribution is 7.99. The van der Waals surface area contributed by atoms with Crippen molar-refractivity contribution in [2.75, 3.05) is 4.90 Å². The number of fused-ring (bicyclic) bond motifs is 10. The number of hydrogen-bond donors (Lipinski definition) is 0. The molecule has 0 amide bonds. The Kier molecular flexibility index (Phi) is 8.11. The average Bonchev–Trinajstić information content (AvgIpc) is 3.70. The Balaban J connectivity index is 1.02. The summed E-state index contributed by atoms with van der Waals surface area (Å²) in [7, 11) is 0. The van der Waals surface area contributed by atoms with E-state index in [2.05, 4.69) is 228 Å². The van der Waals surface area contributed by atoms with Crippen LogP contribution in [0, 0.1) is 0 Å². The minimum atomic E-state index is 0.697. The van der Waals surface area contributed by atoms with Crippen LogP contribution in [-0.4, -0.2) is 14.5 Å². The highest BCUT2D eigenvalue weighted by Gasteiger charge is 2.26. The monoisotopic (exact) mass is 820 g/mol. The van der Waals surface area contributed by atoms with E-state index in [1.165, 1.54) is 42.7 Å². The van der Waals surface area contributed by atoms with Gasteiger partial charge in [-0.2, -0.15) is 0 Å². The molecule has 0 atom stereocenters. The Labute approximate surface area is 368 Å². The van der Waals surface area contributed by atoms with Crippen LogP contribution in [0.5, 0.6) is 0 Å². The Morgan fingerprint density at radius 3 is 1.89 bits per heavy atom. The van der Waals surface area contributed by atoms with Gasteiger partial charge in [-0.15, -0.1) is 0 Å². The van der Waals surface area contributed by atoms with E-state index in [1.54, 1.807) is 0 Å². The molecule has 0 N–H and O–H groups in total. The highest BCUT2D eigenvalue weighted by Crippen LogP contribution is 2.52. The van der Waals surface area contributed by atoms with E-state index in [4.69, 9.17) is 9.97 Å². The molecule has 3 heterocycles. The van der Waals surface area contributed by atoms with Crippen molar-refractivity contribution in [2.24, 2.45) is 0 Å². The minimum absolute atomic E-state index is 0.697. The lowest BCUT2D eigenvalue weighted by Crippen LogP contribution is -2.14. The van der Waals surface area contributed by atoms with E-state index in [-0.39, 0.29) is 0 Å². The van der Waals surface area contributed by atoms with Gasteiger partial charge >= 0.3 is 0 Å². The summed E-state index contributed by atoms with van der Waals surface area (Å²) >= 11 is 1.83. The zero-order valence-electron chi connectivity index (χ0n) is 34.0. The summed E-state index contributed by atoms with van der Waals surface area (Å²) in [5.41, 5.74) is 13.1. The number of rotatable bonds is 5. The summed E-state index contributed by atoms with van der Waals surface area (Å²) in [6.45, 7) is 0. The van der Waals surface area contributed by atoms with Crippen LogP contribution in [0.2, 0.25) is 0 Å². The predicted octanol–water partition coefficient (Wildman–Crippen LogP) is 16.0. The average molecular weight is 821 g/mol. The lowest BCUT2D eigenvalue weighted by atomic mass is 10.00. The second kappa shape index (κ2) is 14.3. The molecule has 63 heavy (non-hydrogen) atoms. The third kappa shape index (κ3) is 5.78. The molecule has 1 aliphatic rings. The fourth-order valence-corrected chi connectivity index (χ4v) is 10.7. The first-order valence-electron chi connectivity index (χ1n) is 21.3. The maximum Gasteiger partial charge on any atom is 0.160 e. The zero-order valence-corrected chi connectivity index (χ0v) is 34.8. The van der Waals surface area contributed by atoms with Crippen molar-refractivity contribution in [1.29, 1.82) is 0 Å². The molecule has 0 saturated heterocycles. The first-order chi connectivity index (χ1) is 31.2. The Morgan fingerprint density at radius 2 is 1.02 bits per heavy atom. The summed E-state index contributed by atoms with van der Waals surface area (Å²) in [4.78, 5) is 15.6. The maximum atomic E-state index is 5.35. The van der Waals surface area contributed by atoms with Gasteiger partial charge in [-0.3, -0.25) is 0 Å². The van der Waals surface area contributed by atoms with Crippen molar-refractivity contribution in [3.05, 3.63) is 218 Å². The van der Waals surface area contributed by atoms with Crippen LogP contribution < -0.4 is 4.90 Å². The van der Waals surface area contributed by atoms with Gasteiger partial charge in [-0.25, -0.2) is 9.97 Å². The molecule has 1 aliphatic heterocycles. The summed E-state index contributed by atoms with van der Waals surface area (Å²) in [5, 5.41) is 8.23. The van der Waals surface area contributed by atoms with E-state index >= 15 is 0 Å². The summed E-state index contributed by atoms with van der Waals surface area (Å²) in [5.74, 6) is 0.697. The molecule has 5 heteroatoms. The summed E-state index contributed by atoms with van der Waals surface area (Å²) in [6.07, 6.45) is 0. The molecule has 0 unspecified atom stereocenters. The van der Waals surface area contributed by atoms with Crippen LogP contribution in [0.15, 0.2) is 228 Å².